The van der Waals surface area contributed by atoms with Crippen molar-refractivity contribution in [2.45, 2.75) is 24.6 Å². The van der Waals surface area contributed by atoms with E-state index in [0.717, 1.165) is 10.7 Å². The minimum atomic E-state index is -4.66. The molecule has 0 spiro atoms. The molecule has 0 saturated carbocycles. The number of ether oxygens (including phenoxy) is 1. The Balaban J connectivity index is 1.53. The molecular weight excluding hydrogens is 503 g/mol. The van der Waals surface area contributed by atoms with Crippen molar-refractivity contribution in [2.75, 3.05) is 0 Å². The molecule has 0 bridgehead atoms. The highest BCUT2D eigenvalue weighted by molar-refractivity contribution is 6.37. The molecule has 3 atom stereocenters. The van der Waals surface area contributed by atoms with Crippen LogP contribution in [0.2, 0.25) is 10.0 Å². The molecule has 0 radical (unpaired) electrons. The molecule has 4 rings (SSSR count). The molecule has 1 aromatic carbocycles. The Morgan fingerprint density at radius 2 is 1.88 bits per heavy atom. The van der Waals surface area contributed by atoms with Gasteiger partial charge in [-0.1, -0.05) is 47.5 Å². The molecule has 0 amide bonds. The van der Waals surface area contributed by atoms with Crippen LogP contribution in [0, 0.1) is 11.8 Å². The van der Waals surface area contributed by atoms with Crippen LogP contribution in [0.4, 0.5) is 17.6 Å². The molecule has 0 saturated heterocycles. The van der Waals surface area contributed by atoms with Gasteiger partial charge in [-0.05, 0) is 48.8 Å². The second-order valence-electron chi connectivity index (χ2n) is 7.56. The van der Waals surface area contributed by atoms with E-state index >= 15 is 0 Å². The van der Waals surface area contributed by atoms with Gasteiger partial charge in [-0.3, -0.25) is 0 Å². The monoisotopic (exact) mass is 518 g/mol. The van der Waals surface area contributed by atoms with Crippen molar-refractivity contribution in [3.05, 3.63) is 93.7 Å². The lowest BCUT2D eigenvalue weighted by Gasteiger charge is -2.28. The maximum absolute atomic E-state index is 14.2. The molecular formula is C23H17Cl3F4N2O. The highest BCUT2D eigenvalue weighted by Crippen LogP contribution is 2.38. The lowest BCUT2D eigenvalue weighted by molar-refractivity contribution is -0.141. The van der Waals surface area contributed by atoms with Crippen LogP contribution in [-0.4, -0.2) is 15.2 Å². The summed E-state index contributed by atoms with van der Waals surface area (Å²) in [4.78, 5) is 0. The predicted octanol–water partition coefficient (Wildman–Crippen LogP) is 7.82. The van der Waals surface area contributed by atoms with E-state index in [0.29, 0.717) is 12.2 Å². The van der Waals surface area contributed by atoms with Gasteiger partial charge in [-0.15, -0.1) is 11.6 Å². The smallest absolute Gasteiger partial charge is 0.435 e. The summed E-state index contributed by atoms with van der Waals surface area (Å²) in [6.07, 6.45) is 5.75. The fourth-order valence-electron chi connectivity index (χ4n) is 3.77. The molecule has 0 aliphatic heterocycles. The van der Waals surface area contributed by atoms with Gasteiger partial charge in [0.15, 0.2) is 5.69 Å². The van der Waals surface area contributed by atoms with Crippen LogP contribution in [0.15, 0.2) is 72.3 Å². The summed E-state index contributed by atoms with van der Waals surface area (Å²) in [6, 6.07) is 5.49. The number of benzene rings is 1. The molecule has 2 aliphatic rings. The third-order valence-electron chi connectivity index (χ3n) is 5.38. The first-order chi connectivity index (χ1) is 15.6. The maximum Gasteiger partial charge on any atom is 0.435 e. The van der Waals surface area contributed by atoms with Gasteiger partial charge in [0.2, 0.25) is 0 Å². The van der Waals surface area contributed by atoms with Crippen molar-refractivity contribution >= 4 is 34.8 Å². The summed E-state index contributed by atoms with van der Waals surface area (Å²) in [5.74, 6) is -0.487. The van der Waals surface area contributed by atoms with Crippen LogP contribution in [-0.2, 0) is 17.5 Å². The number of nitrogens with zero attached hydrogens (tertiary/aromatic N) is 2. The van der Waals surface area contributed by atoms with E-state index in [2.05, 4.69) is 5.10 Å². The van der Waals surface area contributed by atoms with E-state index in [9.17, 15) is 17.6 Å². The predicted molar refractivity (Wildman–Crippen MR) is 120 cm³/mol. The number of hydrogen-bond acceptors (Lipinski definition) is 2. The molecule has 33 heavy (non-hydrogen) atoms. The topological polar surface area (TPSA) is 27.1 Å². The molecule has 2 aliphatic carbocycles. The number of alkyl halides is 4. The van der Waals surface area contributed by atoms with Gasteiger partial charge in [0.05, 0.1) is 21.1 Å². The first-order valence-electron chi connectivity index (χ1n) is 9.95. The van der Waals surface area contributed by atoms with E-state index in [1.807, 2.05) is 0 Å². The summed E-state index contributed by atoms with van der Waals surface area (Å²) in [5, 5.41) is 3.49. The lowest BCUT2D eigenvalue weighted by atomic mass is 9.81. The fraction of sp³-hybridized carbons (Fsp3) is 0.261. The van der Waals surface area contributed by atoms with Crippen LogP contribution in [0.25, 0.3) is 5.69 Å². The van der Waals surface area contributed by atoms with E-state index in [-0.39, 0.29) is 39.8 Å². The Morgan fingerprint density at radius 1 is 1.15 bits per heavy atom. The third kappa shape index (κ3) is 5.15. The first kappa shape index (κ1) is 23.9. The second-order valence-corrected chi connectivity index (χ2v) is 8.88. The largest absolute Gasteiger partial charge is 0.488 e. The molecule has 3 unspecified atom stereocenters. The molecule has 1 aromatic heterocycles. The average molecular weight is 520 g/mol. The molecule has 3 nitrogen and oxygen atoms in total. The third-order valence-corrected chi connectivity index (χ3v) is 6.41. The number of para-hydroxylation sites is 1. The van der Waals surface area contributed by atoms with E-state index in [1.165, 1.54) is 18.2 Å². The summed E-state index contributed by atoms with van der Waals surface area (Å²) < 4.78 is 61.0. The van der Waals surface area contributed by atoms with Crippen molar-refractivity contribution in [3.63, 3.8) is 0 Å². The number of aromatic nitrogens is 2. The molecule has 0 fully saturated rings. The number of allylic oxidation sites excluding steroid dienone is 7. The number of hydrogen-bond donors (Lipinski definition) is 0. The summed E-state index contributed by atoms with van der Waals surface area (Å²) in [5.41, 5.74) is -0.851. The molecule has 10 heteroatoms. The zero-order chi connectivity index (χ0) is 23.8. The Labute approximate surface area is 202 Å². The molecule has 2 aromatic rings. The first-order valence-corrected chi connectivity index (χ1v) is 11.1. The van der Waals surface area contributed by atoms with Crippen molar-refractivity contribution in [3.8, 4) is 5.69 Å². The zero-order valence-corrected chi connectivity index (χ0v) is 19.1. The highest BCUT2D eigenvalue weighted by atomic mass is 35.5. The van der Waals surface area contributed by atoms with Gasteiger partial charge in [0.1, 0.15) is 23.9 Å². The van der Waals surface area contributed by atoms with E-state index < -0.39 is 23.2 Å². The Kier molecular flexibility index (Phi) is 6.93. The van der Waals surface area contributed by atoms with Gasteiger partial charge in [0.25, 0.3) is 0 Å². The second kappa shape index (κ2) is 9.57. The van der Waals surface area contributed by atoms with Crippen LogP contribution in [0.5, 0.6) is 0 Å². The van der Waals surface area contributed by atoms with Crippen LogP contribution in [0.3, 0.4) is 0 Å². The molecule has 1 heterocycles. The minimum absolute atomic E-state index is 0.112. The van der Waals surface area contributed by atoms with Crippen molar-refractivity contribution in [1.82, 2.24) is 9.78 Å². The fourth-order valence-corrected chi connectivity index (χ4v) is 4.72. The quantitative estimate of drug-likeness (QED) is 0.297. The summed E-state index contributed by atoms with van der Waals surface area (Å²) >= 11 is 18.6. The van der Waals surface area contributed by atoms with Gasteiger partial charge < -0.3 is 4.74 Å². The molecule has 0 N–H and O–H groups in total. The van der Waals surface area contributed by atoms with Crippen molar-refractivity contribution in [2.24, 2.45) is 11.8 Å². The summed E-state index contributed by atoms with van der Waals surface area (Å²) in [6.45, 7) is -0.218. The molecule has 174 valence electrons. The SMILES string of the molecule is FC1=CC=CC(Cl)C1C1C=CC(OCc2cc(C(F)(F)F)nn2-c2c(Cl)cccc2Cl)=CC1. The highest BCUT2D eigenvalue weighted by Gasteiger charge is 2.36. The number of halogens is 7. The van der Waals surface area contributed by atoms with Crippen LogP contribution < -0.4 is 0 Å². The van der Waals surface area contributed by atoms with Crippen LogP contribution >= 0.6 is 34.8 Å². The standard InChI is InChI=1S/C23H17Cl3F4N2O/c24-16-3-2-6-19(27)21(16)13-7-9-15(10-8-13)33-12-14-11-20(23(28,29)30)31-32(14)22-17(25)4-1-5-18(22)26/h1-7,9-11,13,16,21H,8,12H2. The van der Waals surface area contributed by atoms with Crippen molar-refractivity contribution < 1.29 is 22.3 Å². The Bertz CT molecular complexity index is 1150. The van der Waals surface area contributed by atoms with Gasteiger partial charge in [-0.25, -0.2) is 9.07 Å². The van der Waals surface area contributed by atoms with E-state index in [4.69, 9.17) is 39.5 Å². The minimum Gasteiger partial charge on any atom is -0.488 e. The van der Waals surface area contributed by atoms with Crippen LogP contribution in [0.1, 0.15) is 17.8 Å². The lowest BCUT2D eigenvalue weighted by Crippen LogP contribution is -2.25. The average Bonchev–Trinajstić information content (AvgIpc) is 3.17. The van der Waals surface area contributed by atoms with Gasteiger partial charge in [-0.2, -0.15) is 18.3 Å². The van der Waals surface area contributed by atoms with Gasteiger partial charge in [0, 0.05) is 5.92 Å². The summed E-state index contributed by atoms with van der Waals surface area (Å²) in [7, 11) is 0. The van der Waals surface area contributed by atoms with Crippen molar-refractivity contribution in [1.29, 1.82) is 0 Å². The van der Waals surface area contributed by atoms with Gasteiger partial charge >= 0.3 is 6.18 Å². The van der Waals surface area contributed by atoms with E-state index in [1.54, 1.807) is 36.4 Å². The Hall–Kier alpha value is -2.22. The maximum atomic E-state index is 14.2. The number of rotatable bonds is 5. The normalized spacial score (nSPS) is 22.8. The Morgan fingerprint density at radius 3 is 2.48 bits per heavy atom. The zero-order valence-electron chi connectivity index (χ0n) is 16.9.